The van der Waals surface area contributed by atoms with Gasteiger partial charge in [-0.1, -0.05) is 159 Å². The van der Waals surface area contributed by atoms with Gasteiger partial charge in [0.2, 0.25) is 5.75 Å². The number of carbonyl (C=O) groups is 3. The summed E-state index contributed by atoms with van der Waals surface area (Å²) in [5.74, 6) is -2.76. The van der Waals surface area contributed by atoms with Crippen molar-refractivity contribution in [2.45, 2.75) is 199 Å². The fraction of sp³-hybridized carbons (Fsp3) is 0.554. The number of phenolic OH excluding ortho intramolecular Hbond substituents is 2. The minimum absolute atomic E-state index is 0.0194. The molecule has 2 aliphatic heterocycles. The van der Waals surface area contributed by atoms with E-state index in [1.54, 1.807) is 30.3 Å². The first-order valence-electron chi connectivity index (χ1n) is 25.3. The Labute approximate surface area is 389 Å². The smallest absolute Gasteiger partial charge is 0.340 e. The van der Waals surface area contributed by atoms with E-state index >= 15 is 0 Å². The predicted molar refractivity (Wildman–Crippen MR) is 258 cm³/mol. The summed E-state index contributed by atoms with van der Waals surface area (Å²) in [6.07, 6.45) is 38.7. The number of aromatic hydroxyl groups is 2. The van der Waals surface area contributed by atoms with E-state index in [-0.39, 0.29) is 47.2 Å². The van der Waals surface area contributed by atoms with E-state index in [1.807, 2.05) is 0 Å². The average molecular weight is 893 g/mol. The largest absolute Gasteiger partial charge is 0.508 e. The first-order valence-corrected chi connectivity index (χ1v) is 25.3. The fourth-order valence-corrected chi connectivity index (χ4v) is 8.97. The maximum atomic E-state index is 13.8. The number of unbranched alkanes of at least 4 members (excludes halogenated alkanes) is 22. The van der Waals surface area contributed by atoms with Gasteiger partial charge in [-0.3, -0.25) is 9.59 Å². The summed E-state index contributed by atoms with van der Waals surface area (Å²) in [6, 6.07) is 12.6. The molecule has 65 heavy (non-hydrogen) atoms. The molecule has 0 aliphatic carbocycles. The first kappa shape index (κ1) is 50.9. The molecule has 0 saturated heterocycles. The number of hydrogen-bond donors (Lipinski definition) is 2. The third-order valence-electron chi connectivity index (χ3n) is 12.6. The lowest BCUT2D eigenvalue weighted by Gasteiger charge is -2.37. The van der Waals surface area contributed by atoms with Gasteiger partial charge < -0.3 is 29.2 Å². The highest BCUT2D eigenvalue weighted by Gasteiger charge is 2.56. The van der Waals surface area contributed by atoms with Gasteiger partial charge in [-0.05, 0) is 82.4 Å². The van der Waals surface area contributed by atoms with Crippen molar-refractivity contribution in [1.29, 1.82) is 0 Å². The van der Waals surface area contributed by atoms with Crippen LogP contribution in [-0.2, 0) is 19.9 Å². The molecule has 2 heterocycles. The van der Waals surface area contributed by atoms with Gasteiger partial charge in [-0.2, -0.15) is 0 Å². The number of hydrogen-bond acceptors (Lipinski definition) is 9. The summed E-state index contributed by atoms with van der Waals surface area (Å²) in [5.41, 5.74) is -0.505. The van der Waals surface area contributed by atoms with Crippen LogP contribution in [0, 0.1) is 0 Å². The van der Waals surface area contributed by atoms with E-state index in [2.05, 4.69) is 38.2 Å². The monoisotopic (exact) mass is 893 g/mol. The van der Waals surface area contributed by atoms with Crippen molar-refractivity contribution in [3.05, 3.63) is 95.1 Å². The van der Waals surface area contributed by atoms with Crippen LogP contribution in [0.3, 0.4) is 0 Å². The SMILES string of the molecule is CCCCCCCC/C=C\CCCCCCCC(=O)Oc1c(O)cc2c(c1OC(=O)CCCCCCC/C=C\CCCCCCCC)C1(OC(=O)c3ccccc31)c1ccc(O)cc1O2. The Morgan fingerprint density at radius 1 is 0.554 bits per heavy atom. The molecule has 9 heteroatoms. The highest BCUT2D eigenvalue weighted by atomic mass is 16.6. The summed E-state index contributed by atoms with van der Waals surface area (Å²) in [6.45, 7) is 4.49. The average Bonchev–Trinajstić information content (AvgIpc) is 3.58. The van der Waals surface area contributed by atoms with E-state index in [1.165, 1.54) is 95.2 Å². The van der Waals surface area contributed by atoms with Crippen LogP contribution in [0.4, 0.5) is 0 Å². The normalized spacial score (nSPS) is 15.0. The van der Waals surface area contributed by atoms with E-state index in [4.69, 9.17) is 18.9 Å². The van der Waals surface area contributed by atoms with E-state index in [0.29, 0.717) is 29.5 Å². The number of fused-ring (bicyclic) bond motifs is 6. The van der Waals surface area contributed by atoms with Crippen LogP contribution < -0.4 is 14.2 Å². The molecule has 1 atom stereocenters. The molecule has 2 N–H and O–H groups in total. The number of phenols is 2. The zero-order valence-electron chi connectivity index (χ0n) is 39.5. The lowest BCUT2D eigenvalue weighted by molar-refractivity contribution is -0.137. The van der Waals surface area contributed by atoms with Crippen LogP contribution in [0.15, 0.2) is 72.8 Å². The quantitative estimate of drug-likeness (QED) is 0.0272. The van der Waals surface area contributed by atoms with Gasteiger partial charge in [0, 0.05) is 36.1 Å². The van der Waals surface area contributed by atoms with Crippen molar-refractivity contribution in [2.24, 2.45) is 0 Å². The van der Waals surface area contributed by atoms with Crippen LogP contribution in [-0.4, -0.2) is 28.1 Å². The molecular formula is C56H76O9. The fourth-order valence-electron chi connectivity index (χ4n) is 8.97. The van der Waals surface area contributed by atoms with Crippen molar-refractivity contribution in [1.82, 2.24) is 0 Å². The molecule has 3 aromatic carbocycles. The Kier molecular flexibility index (Phi) is 22.0. The van der Waals surface area contributed by atoms with Gasteiger partial charge >= 0.3 is 17.9 Å². The summed E-state index contributed by atoms with van der Waals surface area (Å²) < 4.78 is 24.6. The summed E-state index contributed by atoms with van der Waals surface area (Å²) >= 11 is 0. The highest BCUT2D eigenvalue weighted by molar-refractivity contribution is 5.97. The summed E-state index contributed by atoms with van der Waals surface area (Å²) in [7, 11) is 0. The van der Waals surface area contributed by atoms with Crippen LogP contribution >= 0.6 is 0 Å². The Bertz CT molecular complexity index is 2010. The second-order valence-corrected chi connectivity index (χ2v) is 17.9. The molecule has 5 rings (SSSR count). The predicted octanol–water partition coefficient (Wildman–Crippen LogP) is 15.6. The molecule has 0 saturated carbocycles. The number of carbonyl (C=O) groups excluding carboxylic acids is 3. The molecule has 0 bridgehead atoms. The van der Waals surface area contributed by atoms with Crippen molar-refractivity contribution < 1.29 is 43.5 Å². The van der Waals surface area contributed by atoms with Gasteiger partial charge in [0.15, 0.2) is 17.1 Å². The van der Waals surface area contributed by atoms with Crippen LogP contribution in [0.1, 0.15) is 221 Å². The number of benzene rings is 3. The van der Waals surface area contributed by atoms with E-state index < -0.39 is 29.3 Å². The zero-order valence-corrected chi connectivity index (χ0v) is 39.5. The molecule has 9 nitrogen and oxygen atoms in total. The molecule has 0 amide bonds. The van der Waals surface area contributed by atoms with Crippen LogP contribution in [0.5, 0.6) is 34.5 Å². The van der Waals surface area contributed by atoms with Crippen LogP contribution in [0.25, 0.3) is 0 Å². The molecule has 1 unspecified atom stereocenters. The molecule has 354 valence electrons. The number of ether oxygens (including phenoxy) is 4. The van der Waals surface area contributed by atoms with E-state index in [0.717, 1.165) is 77.0 Å². The minimum Gasteiger partial charge on any atom is -0.508 e. The number of esters is 3. The van der Waals surface area contributed by atoms with Crippen molar-refractivity contribution in [3.63, 3.8) is 0 Å². The van der Waals surface area contributed by atoms with Gasteiger partial charge in [0.1, 0.15) is 17.2 Å². The van der Waals surface area contributed by atoms with E-state index in [9.17, 15) is 24.6 Å². The molecule has 1 spiro atoms. The van der Waals surface area contributed by atoms with Gasteiger partial charge in [0.25, 0.3) is 0 Å². The Hall–Kier alpha value is -5.05. The number of rotatable bonds is 32. The first-order chi connectivity index (χ1) is 31.8. The van der Waals surface area contributed by atoms with Gasteiger partial charge in [-0.25, -0.2) is 4.79 Å². The van der Waals surface area contributed by atoms with Crippen molar-refractivity contribution >= 4 is 17.9 Å². The molecule has 0 radical (unpaired) electrons. The Morgan fingerprint density at radius 2 is 1.03 bits per heavy atom. The highest BCUT2D eigenvalue weighted by Crippen LogP contribution is 2.62. The minimum atomic E-state index is -1.72. The third kappa shape index (κ3) is 15.3. The second kappa shape index (κ2) is 28.1. The molecule has 3 aromatic rings. The molecule has 2 aliphatic rings. The molecule has 0 aromatic heterocycles. The summed E-state index contributed by atoms with van der Waals surface area (Å²) in [5, 5.41) is 21.9. The third-order valence-corrected chi connectivity index (χ3v) is 12.6. The second-order valence-electron chi connectivity index (χ2n) is 17.9. The lowest BCUT2D eigenvalue weighted by Crippen LogP contribution is -2.34. The maximum Gasteiger partial charge on any atom is 0.340 e. The summed E-state index contributed by atoms with van der Waals surface area (Å²) in [4.78, 5) is 40.9. The van der Waals surface area contributed by atoms with Gasteiger partial charge in [-0.15, -0.1) is 0 Å². The zero-order chi connectivity index (χ0) is 46.1. The molecular weight excluding hydrogens is 817 g/mol. The van der Waals surface area contributed by atoms with Crippen molar-refractivity contribution in [3.8, 4) is 34.5 Å². The van der Waals surface area contributed by atoms with Crippen molar-refractivity contribution in [2.75, 3.05) is 0 Å². The Balaban J connectivity index is 1.21. The number of allylic oxidation sites excluding steroid dienone is 4. The van der Waals surface area contributed by atoms with Crippen LogP contribution in [0.2, 0.25) is 0 Å². The van der Waals surface area contributed by atoms with Gasteiger partial charge in [0.05, 0.1) is 11.1 Å². The topological polar surface area (TPSA) is 129 Å². The lowest BCUT2D eigenvalue weighted by atomic mass is 9.77. The molecule has 0 fully saturated rings. The maximum absolute atomic E-state index is 13.8. The Morgan fingerprint density at radius 3 is 1.57 bits per heavy atom. The standard InChI is InChI=1S/C56H76O9/c1-3-5-7-9-11-13-15-17-19-21-23-25-27-29-31-37-50(59)63-53-47(58)42-49-52(54(53)64-51(60)38-32-30-28-26-24-22-20-18-16-14-12-10-8-6-4-2)56(46-40-39-43(57)41-48(46)62-49)45-36-34-33-35-44(45)55(61)65-56/h17-20,33-36,39-42,57-58H,3-16,21-32,37-38H2,1-2H3/b19-17-,20-18-.